The van der Waals surface area contributed by atoms with E-state index >= 15 is 0 Å². The van der Waals surface area contributed by atoms with Crippen molar-refractivity contribution in [3.05, 3.63) is 42.2 Å². The molecular formula is C23H30N2O4. The number of furan rings is 1. The van der Waals surface area contributed by atoms with Crippen LogP contribution >= 0.6 is 0 Å². The molecule has 6 heteroatoms. The molecule has 1 aromatic carbocycles. The van der Waals surface area contributed by atoms with Crippen molar-refractivity contribution in [3.63, 3.8) is 0 Å². The van der Waals surface area contributed by atoms with Gasteiger partial charge in [-0.3, -0.25) is 4.79 Å². The van der Waals surface area contributed by atoms with Gasteiger partial charge in [0.25, 0.3) is 5.91 Å². The predicted molar refractivity (Wildman–Crippen MR) is 111 cm³/mol. The monoisotopic (exact) mass is 398 g/mol. The molecule has 0 spiro atoms. The molecule has 2 aliphatic heterocycles. The first-order chi connectivity index (χ1) is 14.2. The summed E-state index contributed by atoms with van der Waals surface area (Å²) in [6.45, 7) is 5.20. The highest BCUT2D eigenvalue weighted by molar-refractivity contribution is 5.92. The molecule has 1 atom stereocenters. The zero-order valence-corrected chi connectivity index (χ0v) is 17.1. The number of methoxy groups -OCH3 is 1. The van der Waals surface area contributed by atoms with Gasteiger partial charge in [0.1, 0.15) is 11.5 Å². The molecule has 1 amide bonds. The van der Waals surface area contributed by atoms with Crippen LogP contribution in [0.2, 0.25) is 0 Å². The summed E-state index contributed by atoms with van der Waals surface area (Å²) >= 11 is 0. The largest absolute Gasteiger partial charge is 0.497 e. The Morgan fingerprint density at radius 1 is 1.03 bits per heavy atom. The standard InChI is InChI=1S/C23H30N2O4/c1-27-19-8-6-18(7-9-19)21-10-11-22(29-21)23(26)25-14-5-15-28-20(17-25)16-24-12-3-2-4-13-24/h6-11,20H,2-5,12-17H2,1H3. The van der Waals surface area contributed by atoms with Crippen LogP contribution < -0.4 is 4.74 Å². The van der Waals surface area contributed by atoms with Crippen LogP contribution in [0, 0.1) is 0 Å². The number of hydrogen-bond acceptors (Lipinski definition) is 5. The SMILES string of the molecule is COc1ccc(-c2ccc(C(=O)N3CCCOC(CN4CCCCC4)C3)o2)cc1. The van der Waals surface area contributed by atoms with Crippen molar-refractivity contribution in [1.82, 2.24) is 9.80 Å². The topological polar surface area (TPSA) is 55.1 Å². The number of carbonyl (C=O) groups excluding carboxylic acids is 1. The molecule has 0 saturated carbocycles. The van der Waals surface area contributed by atoms with Gasteiger partial charge in [-0.1, -0.05) is 6.42 Å². The quantitative estimate of drug-likeness (QED) is 0.769. The molecule has 0 radical (unpaired) electrons. The molecule has 2 aromatic rings. The first-order valence-corrected chi connectivity index (χ1v) is 10.6. The highest BCUT2D eigenvalue weighted by Crippen LogP contribution is 2.25. The minimum Gasteiger partial charge on any atom is -0.497 e. The van der Waals surface area contributed by atoms with E-state index in [-0.39, 0.29) is 12.0 Å². The summed E-state index contributed by atoms with van der Waals surface area (Å²) in [4.78, 5) is 17.4. The lowest BCUT2D eigenvalue weighted by Gasteiger charge is -2.31. The number of nitrogens with zero attached hydrogens (tertiary/aromatic N) is 2. The van der Waals surface area contributed by atoms with Gasteiger partial charge in [0.2, 0.25) is 0 Å². The maximum Gasteiger partial charge on any atom is 0.289 e. The lowest BCUT2D eigenvalue weighted by Crippen LogP contribution is -2.43. The van der Waals surface area contributed by atoms with Gasteiger partial charge in [0.05, 0.1) is 13.2 Å². The summed E-state index contributed by atoms with van der Waals surface area (Å²) in [5, 5.41) is 0. The number of ether oxygens (including phenoxy) is 2. The van der Waals surface area contributed by atoms with Gasteiger partial charge in [0.15, 0.2) is 5.76 Å². The van der Waals surface area contributed by atoms with Crippen LogP contribution in [0.5, 0.6) is 5.75 Å². The van der Waals surface area contributed by atoms with Crippen molar-refractivity contribution < 1.29 is 18.7 Å². The Morgan fingerprint density at radius 2 is 1.83 bits per heavy atom. The Balaban J connectivity index is 1.41. The van der Waals surface area contributed by atoms with Crippen LogP contribution in [-0.4, -0.2) is 68.3 Å². The van der Waals surface area contributed by atoms with E-state index in [9.17, 15) is 4.79 Å². The summed E-state index contributed by atoms with van der Waals surface area (Å²) in [6, 6.07) is 11.3. The van der Waals surface area contributed by atoms with Crippen molar-refractivity contribution in [2.75, 3.05) is 46.4 Å². The maximum absolute atomic E-state index is 13.1. The van der Waals surface area contributed by atoms with Crippen molar-refractivity contribution in [2.24, 2.45) is 0 Å². The third-order valence-corrected chi connectivity index (χ3v) is 5.74. The summed E-state index contributed by atoms with van der Waals surface area (Å²) < 4.78 is 17.1. The fraction of sp³-hybridized carbons (Fsp3) is 0.522. The third kappa shape index (κ3) is 5.00. The molecule has 1 unspecified atom stereocenters. The molecule has 2 saturated heterocycles. The maximum atomic E-state index is 13.1. The van der Waals surface area contributed by atoms with E-state index in [1.165, 1.54) is 19.3 Å². The van der Waals surface area contributed by atoms with Crippen LogP contribution in [0.1, 0.15) is 36.2 Å². The van der Waals surface area contributed by atoms with Crippen molar-refractivity contribution in [3.8, 4) is 17.1 Å². The Morgan fingerprint density at radius 3 is 2.59 bits per heavy atom. The predicted octanol–water partition coefficient (Wildman–Crippen LogP) is 3.67. The molecule has 3 heterocycles. The lowest BCUT2D eigenvalue weighted by molar-refractivity contribution is 0.0211. The summed E-state index contributed by atoms with van der Waals surface area (Å²) in [6.07, 6.45) is 4.76. The normalized spacial score (nSPS) is 21.0. The molecule has 4 rings (SSSR count). The first-order valence-electron chi connectivity index (χ1n) is 10.6. The molecular weight excluding hydrogens is 368 g/mol. The number of carbonyl (C=O) groups is 1. The lowest BCUT2D eigenvalue weighted by atomic mass is 10.1. The van der Waals surface area contributed by atoms with E-state index in [1.54, 1.807) is 13.2 Å². The second-order valence-corrected chi connectivity index (χ2v) is 7.85. The molecule has 156 valence electrons. The summed E-state index contributed by atoms with van der Waals surface area (Å²) in [5.41, 5.74) is 0.923. The van der Waals surface area contributed by atoms with E-state index in [1.807, 2.05) is 35.2 Å². The second kappa shape index (κ2) is 9.46. The zero-order valence-electron chi connectivity index (χ0n) is 17.1. The van der Waals surface area contributed by atoms with Gasteiger partial charge in [0, 0.05) is 31.8 Å². The van der Waals surface area contributed by atoms with Gasteiger partial charge >= 0.3 is 0 Å². The molecule has 0 N–H and O–H groups in total. The smallest absolute Gasteiger partial charge is 0.289 e. The summed E-state index contributed by atoms with van der Waals surface area (Å²) in [5.74, 6) is 1.81. The Bertz CT molecular complexity index is 795. The Kier molecular flexibility index (Phi) is 6.52. The molecule has 29 heavy (non-hydrogen) atoms. The number of amides is 1. The Hall–Kier alpha value is -2.31. The number of benzene rings is 1. The molecule has 2 fully saturated rings. The molecule has 6 nitrogen and oxygen atoms in total. The average Bonchev–Trinajstić information content (AvgIpc) is 3.15. The molecule has 0 bridgehead atoms. The first kappa shape index (κ1) is 20.0. The fourth-order valence-corrected chi connectivity index (χ4v) is 4.14. The van der Waals surface area contributed by atoms with Crippen LogP contribution in [0.3, 0.4) is 0 Å². The van der Waals surface area contributed by atoms with E-state index < -0.39 is 0 Å². The summed E-state index contributed by atoms with van der Waals surface area (Å²) in [7, 11) is 1.64. The van der Waals surface area contributed by atoms with Gasteiger partial charge < -0.3 is 23.7 Å². The van der Waals surface area contributed by atoms with Gasteiger partial charge in [-0.05, 0) is 68.8 Å². The fourth-order valence-electron chi connectivity index (χ4n) is 4.14. The van der Waals surface area contributed by atoms with E-state index in [0.717, 1.165) is 37.4 Å². The van der Waals surface area contributed by atoms with E-state index in [4.69, 9.17) is 13.9 Å². The highest BCUT2D eigenvalue weighted by Gasteiger charge is 2.27. The van der Waals surface area contributed by atoms with Gasteiger partial charge in [-0.2, -0.15) is 0 Å². The van der Waals surface area contributed by atoms with Crippen LogP contribution in [0.4, 0.5) is 0 Å². The van der Waals surface area contributed by atoms with E-state index in [2.05, 4.69) is 4.90 Å². The minimum absolute atomic E-state index is 0.0566. The Labute approximate surface area is 172 Å². The van der Waals surface area contributed by atoms with Crippen molar-refractivity contribution in [2.45, 2.75) is 31.8 Å². The number of hydrogen-bond donors (Lipinski definition) is 0. The number of rotatable bonds is 5. The van der Waals surface area contributed by atoms with Crippen LogP contribution in [0.15, 0.2) is 40.8 Å². The number of piperidine rings is 1. The van der Waals surface area contributed by atoms with Gasteiger partial charge in [-0.25, -0.2) is 0 Å². The second-order valence-electron chi connectivity index (χ2n) is 7.85. The van der Waals surface area contributed by atoms with Gasteiger partial charge in [-0.15, -0.1) is 0 Å². The molecule has 1 aromatic heterocycles. The van der Waals surface area contributed by atoms with Crippen molar-refractivity contribution >= 4 is 5.91 Å². The highest BCUT2D eigenvalue weighted by atomic mass is 16.5. The third-order valence-electron chi connectivity index (χ3n) is 5.74. The average molecular weight is 399 g/mol. The van der Waals surface area contributed by atoms with E-state index in [0.29, 0.717) is 31.2 Å². The molecule has 2 aliphatic rings. The van der Waals surface area contributed by atoms with Crippen LogP contribution in [-0.2, 0) is 4.74 Å². The van der Waals surface area contributed by atoms with Crippen LogP contribution in [0.25, 0.3) is 11.3 Å². The molecule has 0 aliphatic carbocycles. The minimum atomic E-state index is -0.0566. The number of likely N-dealkylation sites (tertiary alicyclic amines) is 1. The van der Waals surface area contributed by atoms with Crippen molar-refractivity contribution in [1.29, 1.82) is 0 Å². The zero-order chi connectivity index (χ0) is 20.1.